The van der Waals surface area contributed by atoms with E-state index in [1.54, 1.807) is 13.3 Å². The lowest BCUT2D eigenvalue weighted by Gasteiger charge is -2.22. The molecule has 1 fully saturated rings. The highest BCUT2D eigenvalue weighted by molar-refractivity contribution is 5.80. The summed E-state index contributed by atoms with van der Waals surface area (Å²) in [4.78, 5) is 11.1. The van der Waals surface area contributed by atoms with Crippen LogP contribution in [0.2, 0.25) is 0 Å². The van der Waals surface area contributed by atoms with Crippen molar-refractivity contribution in [2.24, 2.45) is 12.0 Å². The van der Waals surface area contributed by atoms with Gasteiger partial charge >= 0.3 is 0 Å². The predicted octanol–water partition coefficient (Wildman–Crippen LogP) is 1.41. The second-order valence-corrected chi connectivity index (χ2v) is 6.59. The van der Waals surface area contributed by atoms with E-state index >= 15 is 0 Å². The summed E-state index contributed by atoms with van der Waals surface area (Å²) in [5, 5.41) is 7.73. The van der Waals surface area contributed by atoms with Crippen molar-refractivity contribution in [3.63, 3.8) is 0 Å². The zero-order chi connectivity index (χ0) is 19.1. The lowest BCUT2D eigenvalue weighted by atomic mass is 10.0. The summed E-state index contributed by atoms with van der Waals surface area (Å²) in [5.41, 5.74) is 2.29. The van der Waals surface area contributed by atoms with Crippen LogP contribution < -0.4 is 10.1 Å². The molecule has 1 N–H and O–H groups in total. The molecule has 8 heteroatoms. The predicted molar refractivity (Wildman–Crippen MR) is 104 cm³/mol. The van der Waals surface area contributed by atoms with E-state index in [0.717, 1.165) is 31.0 Å². The molecule has 1 unspecified atom stereocenters. The molecule has 1 aliphatic rings. The molecule has 0 radical (unpaired) electrons. The van der Waals surface area contributed by atoms with Crippen molar-refractivity contribution in [2.45, 2.75) is 18.9 Å². The fourth-order valence-electron chi connectivity index (χ4n) is 3.29. The molecular weight excluding hydrogens is 344 g/mol. The van der Waals surface area contributed by atoms with E-state index in [2.05, 4.69) is 31.5 Å². The zero-order valence-electron chi connectivity index (χ0n) is 16.3. The number of nitrogens with zero attached hydrogens (tertiary/aromatic N) is 5. The van der Waals surface area contributed by atoms with Crippen molar-refractivity contribution in [3.05, 3.63) is 41.9 Å². The molecule has 3 heterocycles. The maximum atomic E-state index is 5.71. The molecule has 2 aromatic rings. The smallest absolute Gasteiger partial charge is 0.218 e. The Morgan fingerprint density at radius 2 is 2.30 bits per heavy atom. The van der Waals surface area contributed by atoms with Gasteiger partial charge in [0.15, 0.2) is 5.96 Å². The van der Waals surface area contributed by atoms with E-state index < -0.39 is 0 Å². The van der Waals surface area contributed by atoms with Gasteiger partial charge in [-0.3, -0.25) is 9.67 Å². The third kappa shape index (κ3) is 4.97. The SMILES string of the molecule is CN=C(NCc1cccnc1OCCOC)N1CCC(c2cnn(C)c2)C1. The summed E-state index contributed by atoms with van der Waals surface area (Å²) in [6.45, 7) is 3.54. The van der Waals surface area contributed by atoms with Gasteiger partial charge in [0.05, 0.1) is 12.8 Å². The minimum atomic E-state index is 0.480. The van der Waals surface area contributed by atoms with Gasteiger partial charge in [0.25, 0.3) is 0 Å². The Hall–Kier alpha value is -2.61. The van der Waals surface area contributed by atoms with Gasteiger partial charge in [-0.05, 0) is 18.1 Å². The quantitative estimate of drug-likeness (QED) is 0.450. The van der Waals surface area contributed by atoms with Crippen LogP contribution in [0.15, 0.2) is 35.7 Å². The molecule has 2 aromatic heterocycles. The first-order valence-corrected chi connectivity index (χ1v) is 9.21. The van der Waals surface area contributed by atoms with Crippen LogP contribution in [-0.2, 0) is 18.3 Å². The Kier molecular flexibility index (Phi) is 6.64. The molecular formula is C19H28N6O2. The molecule has 0 aromatic carbocycles. The van der Waals surface area contributed by atoms with Crippen molar-refractivity contribution in [1.82, 2.24) is 25.0 Å². The van der Waals surface area contributed by atoms with Crippen LogP contribution in [0, 0.1) is 0 Å². The van der Waals surface area contributed by atoms with Crippen LogP contribution in [0.4, 0.5) is 0 Å². The van der Waals surface area contributed by atoms with E-state index in [-0.39, 0.29) is 0 Å². The number of nitrogens with one attached hydrogen (secondary N) is 1. The molecule has 1 atom stereocenters. The van der Waals surface area contributed by atoms with Gasteiger partial charge < -0.3 is 19.7 Å². The number of hydrogen-bond donors (Lipinski definition) is 1. The number of aryl methyl sites for hydroxylation is 1. The van der Waals surface area contributed by atoms with Crippen molar-refractivity contribution in [1.29, 1.82) is 0 Å². The zero-order valence-corrected chi connectivity index (χ0v) is 16.3. The summed E-state index contributed by atoms with van der Waals surface area (Å²) in [6.07, 6.45) is 6.90. The molecule has 0 amide bonds. The lowest BCUT2D eigenvalue weighted by Crippen LogP contribution is -2.39. The molecule has 0 aliphatic carbocycles. The molecule has 27 heavy (non-hydrogen) atoms. The first-order chi connectivity index (χ1) is 13.2. The Morgan fingerprint density at radius 3 is 3.04 bits per heavy atom. The summed E-state index contributed by atoms with van der Waals surface area (Å²) in [5.74, 6) is 2.02. The third-order valence-corrected chi connectivity index (χ3v) is 4.71. The minimum Gasteiger partial charge on any atom is -0.475 e. The van der Waals surface area contributed by atoms with Crippen LogP contribution in [0.25, 0.3) is 0 Å². The first kappa shape index (κ1) is 19.2. The largest absolute Gasteiger partial charge is 0.475 e. The summed E-state index contributed by atoms with van der Waals surface area (Å²) < 4.78 is 12.6. The first-order valence-electron chi connectivity index (χ1n) is 9.21. The molecule has 1 aliphatic heterocycles. The molecule has 0 saturated carbocycles. The Morgan fingerprint density at radius 1 is 1.41 bits per heavy atom. The van der Waals surface area contributed by atoms with Crippen LogP contribution in [-0.4, -0.2) is 66.1 Å². The average molecular weight is 372 g/mol. The second kappa shape index (κ2) is 9.36. The standard InChI is InChI=1S/C19H28N6O2/c1-20-19(25-8-6-16(14-25)17-12-23-24(2)13-17)22-11-15-5-4-7-21-18(15)27-10-9-26-3/h4-5,7,12-13,16H,6,8-11,14H2,1-3H3,(H,20,22). The van der Waals surface area contributed by atoms with E-state index in [4.69, 9.17) is 9.47 Å². The van der Waals surface area contributed by atoms with Crippen LogP contribution in [0.1, 0.15) is 23.5 Å². The number of guanidine groups is 1. The third-order valence-electron chi connectivity index (χ3n) is 4.71. The van der Waals surface area contributed by atoms with Crippen LogP contribution >= 0.6 is 0 Å². The topological polar surface area (TPSA) is 76.8 Å². The number of likely N-dealkylation sites (tertiary alicyclic amines) is 1. The number of pyridine rings is 1. The van der Waals surface area contributed by atoms with Crippen molar-refractivity contribution in [2.75, 3.05) is 40.5 Å². The molecule has 8 nitrogen and oxygen atoms in total. The van der Waals surface area contributed by atoms with Crippen molar-refractivity contribution in [3.8, 4) is 5.88 Å². The Balaban J connectivity index is 1.57. The fraction of sp³-hybridized carbons (Fsp3) is 0.526. The van der Waals surface area contributed by atoms with Gasteiger partial charge in [0, 0.05) is 64.7 Å². The number of hydrogen-bond acceptors (Lipinski definition) is 5. The van der Waals surface area contributed by atoms with Crippen molar-refractivity contribution < 1.29 is 9.47 Å². The molecule has 1 saturated heterocycles. The summed E-state index contributed by atoms with van der Waals surface area (Å²) in [7, 11) is 5.43. The summed E-state index contributed by atoms with van der Waals surface area (Å²) >= 11 is 0. The number of ether oxygens (including phenoxy) is 2. The highest BCUT2D eigenvalue weighted by atomic mass is 16.5. The molecule has 0 bridgehead atoms. The Bertz CT molecular complexity index is 760. The monoisotopic (exact) mass is 372 g/mol. The van der Waals surface area contributed by atoms with E-state index in [1.807, 2.05) is 37.1 Å². The fourth-order valence-corrected chi connectivity index (χ4v) is 3.29. The van der Waals surface area contributed by atoms with Gasteiger partial charge in [-0.25, -0.2) is 4.98 Å². The maximum Gasteiger partial charge on any atom is 0.218 e. The second-order valence-electron chi connectivity index (χ2n) is 6.59. The molecule has 0 spiro atoms. The normalized spacial score (nSPS) is 17.4. The van der Waals surface area contributed by atoms with Gasteiger partial charge in [-0.1, -0.05) is 6.07 Å². The van der Waals surface area contributed by atoms with Gasteiger partial charge in [0.2, 0.25) is 5.88 Å². The molecule has 146 valence electrons. The van der Waals surface area contributed by atoms with E-state index in [0.29, 0.717) is 31.6 Å². The highest BCUT2D eigenvalue weighted by Gasteiger charge is 2.27. The summed E-state index contributed by atoms with van der Waals surface area (Å²) in [6, 6.07) is 3.93. The van der Waals surface area contributed by atoms with Crippen molar-refractivity contribution >= 4 is 5.96 Å². The maximum absolute atomic E-state index is 5.71. The van der Waals surface area contributed by atoms with Gasteiger partial charge in [-0.2, -0.15) is 5.10 Å². The minimum absolute atomic E-state index is 0.480. The van der Waals surface area contributed by atoms with Gasteiger partial charge in [-0.15, -0.1) is 0 Å². The Labute approximate surface area is 160 Å². The van der Waals surface area contributed by atoms with Gasteiger partial charge in [0.1, 0.15) is 6.61 Å². The average Bonchev–Trinajstić information content (AvgIpc) is 3.33. The van der Waals surface area contributed by atoms with E-state index in [9.17, 15) is 0 Å². The number of aromatic nitrogens is 3. The number of methoxy groups -OCH3 is 1. The van der Waals surface area contributed by atoms with Crippen LogP contribution in [0.3, 0.4) is 0 Å². The number of rotatable bonds is 7. The van der Waals surface area contributed by atoms with Crippen LogP contribution in [0.5, 0.6) is 5.88 Å². The molecule has 3 rings (SSSR count). The van der Waals surface area contributed by atoms with E-state index in [1.165, 1.54) is 5.56 Å². The lowest BCUT2D eigenvalue weighted by molar-refractivity contribution is 0.143. The number of aliphatic imine (C=N–C) groups is 1. The highest BCUT2D eigenvalue weighted by Crippen LogP contribution is 2.26.